The zero-order valence-corrected chi connectivity index (χ0v) is 12.2. The van der Waals surface area contributed by atoms with Crippen molar-refractivity contribution in [3.8, 4) is 17.2 Å². The van der Waals surface area contributed by atoms with Gasteiger partial charge in [0.1, 0.15) is 11.5 Å². The molecule has 2 aromatic carbocycles. The summed E-state index contributed by atoms with van der Waals surface area (Å²) in [6.07, 6.45) is 0.695. The van der Waals surface area contributed by atoms with Gasteiger partial charge in [0.2, 0.25) is 0 Å². The molecule has 0 aliphatic heterocycles. The number of halogens is 2. The lowest BCUT2D eigenvalue weighted by atomic mass is 10.1. The lowest BCUT2D eigenvalue weighted by Gasteiger charge is -2.09. The van der Waals surface area contributed by atoms with Crippen molar-refractivity contribution < 1.29 is 23.4 Å². The summed E-state index contributed by atoms with van der Waals surface area (Å²) in [6.45, 7) is -1.16. The number of hydrogen-bond acceptors (Lipinski definition) is 3. The first-order valence-electron chi connectivity index (χ1n) is 6.85. The normalized spacial score (nSPS) is 11.1. The fraction of sp³-hybridized carbons (Fsp3) is 0.118. The summed E-state index contributed by atoms with van der Waals surface area (Å²) in [7, 11) is 0. The molecular formula is C17H13F2NO3. The quantitative estimate of drug-likeness (QED) is 0.738. The van der Waals surface area contributed by atoms with E-state index in [1.165, 1.54) is 24.3 Å². The highest BCUT2D eigenvalue weighted by molar-refractivity contribution is 6.00. The third-order valence-corrected chi connectivity index (χ3v) is 3.68. The highest BCUT2D eigenvalue weighted by Crippen LogP contribution is 2.32. The second-order valence-electron chi connectivity index (χ2n) is 5.03. The average molecular weight is 317 g/mol. The van der Waals surface area contributed by atoms with Crippen LogP contribution in [0.15, 0.2) is 42.5 Å². The SMILES string of the molecule is Cc1c(C=O)c2cc(OC(F)F)ccc2n1-c1ccc(O)cc1. The average Bonchev–Trinajstić information content (AvgIpc) is 2.78. The Morgan fingerprint density at radius 3 is 2.48 bits per heavy atom. The second kappa shape index (κ2) is 5.72. The Bertz CT molecular complexity index is 870. The number of alkyl halides is 2. The molecule has 0 fully saturated rings. The lowest BCUT2D eigenvalue weighted by molar-refractivity contribution is -0.0497. The first kappa shape index (κ1) is 15.0. The Labute approximate surface area is 130 Å². The molecule has 0 saturated heterocycles. The van der Waals surface area contributed by atoms with Crippen LogP contribution < -0.4 is 4.74 Å². The van der Waals surface area contributed by atoms with Gasteiger partial charge >= 0.3 is 6.61 Å². The molecule has 0 unspecified atom stereocenters. The van der Waals surface area contributed by atoms with E-state index in [1.807, 2.05) is 4.57 Å². The molecule has 3 rings (SSSR count). The zero-order valence-electron chi connectivity index (χ0n) is 12.2. The molecule has 0 atom stereocenters. The predicted octanol–water partition coefficient (Wildman–Crippen LogP) is 4.06. The topological polar surface area (TPSA) is 51.5 Å². The molecule has 0 aliphatic rings. The molecule has 118 valence electrons. The standard InChI is InChI=1S/C17H13F2NO3/c1-10-15(9-21)14-8-13(23-17(18)19)6-7-16(14)20(10)11-2-4-12(22)5-3-11/h2-9,17,22H,1H3. The summed E-state index contributed by atoms with van der Waals surface area (Å²) in [5, 5.41) is 9.94. The fourth-order valence-electron chi connectivity index (χ4n) is 2.68. The van der Waals surface area contributed by atoms with Gasteiger partial charge in [-0.25, -0.2) is 0 Å². The Kier molecular flexibility index (Phi) is 3.73. The Morgan fingerprint density at radius 2 is 1.87 bits per heavy atom. The van der Waals surface area contributed by atoms with E-state index in [0.29, 0.717) is 28.4 Å². The minimum Gasteiger partial charge on any atom is -0.508 e. The Hall–Kier alpha value is -2.89. The molecule has 23 heavy (non-hydrogen) atoms. The van der Waals surface area contributed by atoms with Crippen molar-refractivity contribution in [2.45, 2.75) is 13.5 Å². The number of rotatable bonds is 4. The van der Waals surface area contributed by atoms with Crippen molar-refractivity contribution >= 4 is 17.2 Å². The maximum Gasteiger partial charge on any atom is 0.387 e. The first-order chi connectivity index (χ1) is 11.0. The molecule has 0 spiro atoms. The van der Waals surface area contributed by atoms with E-state index >= 15 is 0 Å². The van der Waals surface area contributed by atoms with Gasteiger partial charge in [-0.05, 0) is 49.4 Å². The number of nitrogens with zero attached hydrogens (tertiary/aromatic N) is 1. The van der Waals surface area contributed by atoms with Crippen molar-refractivity contribution in [2.75, 3.05) is 0 Å². The first-order valence-corrected chi connectivity index (χ1v) is 6.85. The third-order valence-electron chi connectivity index (χ3n) is 3.68. The van der Waals surface area contributed by atoms with Crippen LogP contribution in [0.3, 0.4) is 0 Å². The van der Waals surface area contributed by atoms with Gasteiger partial charge < -0.3 is 14.4 Å². The van der Waals surface area contributed by atoms with Crippen molar-refractivity contribution in [1.82, 2.24) is 4.57 Å². The molecule has 0 saturated carbocycles. The molecule has 6 heteroatoms. The van der Waals surface area contributed by atoms with Crippen LogP contribution in [-0.4, -0.2) is 22.6 Å². The fourth-order valence-corrected chi connectivity index (χ4v) is 2.68. The van der Waals surface area contributed by atoms with Gasteiger partial charge in [0.05, 0.1) is 5.52 Å². The van der Waals surface area contributed by atoms with Gasteiger partial charge in [-0.2, -0.15) is 8.78 Å². The van der Waals surface area contributed by atoms with Crippen LogP contribution in [0.25, 0.3) is 16.6 Å². The number of phenolic OH excluding ortho intramolecular Hbond substituents is 1. The number of aromatic hydroxyl groups is 1. The molecule has 1 aromatic heterocycles. The summed E-state index contributed by atoms with van der Waals surface area (Å²) in [6, 6.07) is 11.0. The summed E-state index contributed by atoms with van der Waals surface area (Å²) < 4.78 is 31.0. The summed E-state index contributed by atoms with van der Waals surface area (Å²) in [5.41, 5.74) is 2.53. The van der Waals surface area contributed by atoms with Crippen molar-refractivity contribution in [2.24, 2.45) is 0 Å². The van der Waals surface area contributed by atoms with Crippen LogP contribution in [0.4, 0.5) is 8.78 Å². The number of hydrogen-bond donors (Lipinski definition) is 1. The molecule has 0 aliphatic carbocycles. The molecule has 0 bridgehead atoms. The number of aldehydes is 1. The van der Waals surface area contributed by atoms with Gasteiger partial charge in [-0.1, -0.05) is 0 Å². The lowest BCUT2D eigenvalue weighted by Crippen LogP contribution is -2.01. The van der Waals surface area contributed by atoms with Crippen LogP contribution in [0.1, 0.15) is 16.1 Å². The number of phenols is 1. The number of carbonyl (C=O) groups excluding carboxylic acids is 1. The van der Waals surface area contributed by atoms with Gasteiger partial charge in [-0.3, -0.25) is 4.79 Å². The smallest absolute Gasteiger partial charge is 0.387 e. The minimum atomic E-state index is -2.92. The van der Waals surface area contributed by atoms with E-state index in [4.69, 9.17) is 0 Å². The van der Waals surface area contributed by atoms with Crippen molar-refractivity contribution in [3.63, 3.8) is 0 Å². The number of benzene rings is 2. The highest BCUT2D eigenvalue weighted by Gasteiger charge is 2.16. The second-order valence-corrected chi connectivity index (χ2v) is 5.03. The molecule has 1 heterocycles. The van der Waals surface area contributed by atoms with Crippen molar-refractivity contribution in [1.29, 1.82) is 0 Å². The number of ether oxygens (including phenoxy) is 1. The van der Waals surface area contributed by atoms with E-state index in [0.717, 1.165) is 5.69 Å². The van der Waals surface area contributed by atoms with Gasteiger partial charge in [0.25, 0.3) is 0 Å². The van der Waals surface area contributed by atoms with Crippen LogP contribution in [0.5, 0.6) is 11.5 Å². The maximum absolute atomic E-state index is 12.4. The summed E-state index contributed by atoms with van der Waals surface area (Å²) in [5.74, 6) is 0.129. The molecule has 4 nitrogen and oxygen atoms in total. The van der Waals surface area contributed by atoms with Gasteiger partial charge in [-0.15, -0.1) is 0 Å². The molecule has 3 aromatic rings. The monoisotopic (exact) mass is 317 g/mol. The summed E-state index contributed by atoms with van der Waals surface area (Å²) in [4.78, 5) is 11.4. The van der Waals surface area contributed by atoms with E-state index in [-0.39, 0.29) is 11.5 Å². The molecule has 1 N–H and O–H groups in total. The zero-order chi connectivity index (χ0) is 16.6. The predicted molar refractivity (Wildman–Crippen MR) is 81.7 cm³/mol. The van der Waals surface area contributed by atoms with Crippen LogP contribution in [-0.2, 0) is 0 Å². The van der Waals surface area contributed by atoms with Crippen LogP contribution >= 0.6 is 0 Å². The minimum absolute atomic E-state index is 0.00143. The van der Waals surface area contributed by atoms with Gasteiger partial charge in [0, 0.05) is 22.3 Å². The maximum atomic E-state index is 12.4. The number of fused-ring (bicyclic) bond motifs is 1. The molecular weight excluding hydrogens is 304 g/mol. The molecule has 0 amide bonds. The van der Waals surface area contributed by atoms with E-state index in [2.05, 4.69) is 4.74 Å². The van der Waals surface area contributed by atoms with Crippen LogP contribution in [0, 0.1) is 6.92 Å². The number of aromatic nitrogens is 1. The van der Waals surface area contributed by atoms with Crippen LogP contribution in [0.2, 0.25) is 0 Å². The van der Waals surface area contributed by atoms with E-state index < -0.39 is 6.61 Å². The van der Waals surface area contributed by atoms with E-state index in [9.17, 15) is 18.7 Å². The summed E-state index contributed by atoms with van der Waals surface area (Å²) >= 11 is 0. The highest BCUT2D eigenvalue weighted by atomic mass is 19.3. The largest absolute Gasteiger partial charge is 0.508 e. The Balaban J connectivity index is 2.24. The molecule has 0 radical (unpaired) electrons. The van der Waals surface area contributed by atoms with Gasteiger partial charge in [0.15, 0.2) is 6.29 Å². The third kappa shape index (κ3) is 2.63. The van der Waals surface area contributed by atoms with Crippen molar-refractivity contribution in [3.05, 3.63) is 53.7 Å². The number of carbonyl (C=O) groups is 1. The Morgan fingerprint density at radius 1 is 1.17 bits per heavy atom. The van der Waals surface area contributed by atoms with E-state index in [1.54, 1.807) is 25.1 Å².